The molecule has 1 aromatic carbocycles. The van der Waals surface area contributed by atoms with Gasteiger partial charge in [-0.2, -0.15) is 5.10 Å². The van der Waals surface area contributed by atoms with Gasteiger partial charge in [-0.05, 0) is 31.0 Å². The predicted octanol–water partition coefficient (Wildman–Crippen LogP) is 2.60. The van der Waals surface area contributed by atoms with Crippen molar-refractivity contribution in [1.82, 2.24) is 15.2 Å². The van der Waals surface area contributed by atoms with Gasteiger partial charge in [0, 0.05) is 16.6 Å². The lowest BCUT2D eigenvalue weighted by Crippen LogP contribution is -2.03. The fourth-order valence-electron chi connectivity index (χ4n) is 2.12. The number of nitrogens with two attached hydrogens (primary N) is 1. The first-order valence-corrected chi connectivity index (χ1v) is 6.15. The van der Waals surface area contributed by atoms with Gasteiger partial charge in [0.1, 0.15) is 5.82 Å². The monoisotopic (exact) mass is 274 g/mol. The van der Waals surface area contributed by atoms with Gasteiger partial charge in [0.25, 0.3) is 0 Å². The highest BCUT2D eigenvalue weighted by Crippen LogP contribution is 2.20. The molecular formula is C14H12F2N4. The van der Waals surface area contributed by atoms with Crippen LogP contribution in [0.4, 0.5) is 14.5 Å². The number of anilines is 1. The number of benzene rings is 1. The van der Waals surface area contributed by atoms with Crippen molar-refractivity contribution in [3.63, 3.8) is 0 Å². The van der Waals surface area contributed by atoms with Crippen LogP contribution >= 0.6 is 0 Å². The number of nitrogens with one attached hydrogen (secondary N) is 1. The Hall–Kier alpha value is -2.50. The maximum atomic E-state index is 13.8. The van der Waals surface area contributed by atoms with Crippen LogP contribution in [-0.4, -0.2) is 15.2 Å². The third-order valence-electron chi connectivity index (χ3n) is 3.23. The molecule has 0 saturated heterocycles. The summed E-state index contributed by atoms with van der Waals surface area (Å²) in [5.74, 6) is -1.27. The molecule has 3 N–H and O–H groups in total. The van der Waals surface area contributed by atoms with E-state index in [-0.39, 0.29) is 17.7 Å². The van der Waals surface area contributed by atoms with Crippen molar-refractivity contribution in [1.29, 1.82) is 0 Å². The van der Waals surface area contributed by atoms with E-state index in [4.69, 9.17) is 5.73 Å². The van der Waals surface area contributed by atoms with Crippen LogP contribution in [0.15, 0.2) is 30.6 Å². The number of H-pyrrole nitrogens is 1. The lowest BCUT2D eigenvalue weighted by Gasteiger charge is -2.07. The molecule has 0 radical (unpaired) electrons. The molecule has 0 amide bonds. The Morgan fingerprint density at radius 3 is 2.85 bits per heavy atom. The Kier molecular flexibility index (Phi) is 3.06. The van der Waals surface area contributed by atoms with Crippen LogP contribution in [0.5, 0.6) is 0 Å². The van der Waals surface area contributed by atoms with Crippen LogP contribution < -0.4 is 5.73 Å². The summed E-state index contributed by atoms with van der Waals surface area (Å²) in [6, 6.07) is 4.26. The summed E-state index contributed by atoms with van der Waals surface area (Å²) in [5, 5.41) is 7.62. The van der Waals surface area contributed by atoms with E-state index in [1.54, 1.807) is 12.4 Å². The Bertz CT molecular complexity index is 767. The van der Waals surface area contributed by atoms with Crippen LogP contribution in [0.1, 0.15) is 11.3 Å². The minimum atomic E-state index is -0.686. The number of halogens is 2. The first-order valence-electron chi connectivity index (χ1n) is 6.15. The van der Waals surface area contributed by atoms with E-state index in [0.29, 0.717) is 6.42 Å². The molecule has 2 aromatic heterocycles. The Labute approximate surface area is 113 Å². The molecule has 0 aliphatic carbocycles. The molecule has 0 atom stereocenters. The van der Waals surface area contributed by atoms with Crippen LogP contribution in [0.3, 0.4) is 0 Å². The normalized spacial score (nSPS) is 11.1. The Balaban J connectivity index is 1.84. The highest BCUT2D eigenvalue weighted by molar-refractivity contribution is 5.77. The van der Waals surface area contributed by atoms with Crippen molar-refractivity contribution in [2.45, 2.75) is 12.8 Å². The number of rotatable bonds is 3. The number of fused-ring (bicyclic) bond motifs is 1. The van der Waals surface area contributed by atoms with Crippen LogP contribution in [-0.2, 0) is 12.8 Å². The number of hydrogen-bond donors (Lipinski definition) is 2. The van der Waals surface area contributed by atoms with Crippen molar-refractivity contribution < 1.29 is 8.78 Å². The van der Waals surface area contributed by atoms with Crippen molar-refractivity contribution in [2.75, 3.05) is 5.73 Å². The second-order valence-corrected chi connectivity index (χ2v) is 4.56. The molecule has 0 saturated carbocycles. The second kappa shape index (κ2) is 4.88. The van der Waals surface area contributed by atoms with Crippen molar-refractivity contribution >= 4 is 16.6 Å². The summed E-state index contributed by atoms with van der Waals surface area (Å²) < 4.78 is 27.4. The molecule has 4 nitrogen and oxygen atoms in total. The molecule has 0 spiro atoms. The zero-order valence-electron chi connectivity index (χ0n) is 10.5. The van der Waals surface area contributed by atoms with Crippen LogP contribution in [0.25, 0.3) is 10.9 Å². The fraction of sp³-hybridized carbons (Fsp3) is 0.143. The summed E-state index contributed by atoms with van der Waals surface area (Å²) in [4.78, 5) is 4.23. The van der Waals surface area contributed by atoms with Crippen LogP contribution in [0.2, 0.25) is 0 Å². The fourth-order valence-corrected chi connectivity index (χ4v) is 2.12. The van der Waals surface area contributed by atoms with Crippen molar-refractivity contribution in [2.24, 2.45) is 0 Å². The molecule has 0 fully saturated rings. The largest absolute Gasteiger partial charge is 0.396 e. The van der Waals surface area contributed by atoms with Gasteiger partial charge in [0.05, 0.1) is 23.6 Å². The molecule has 0 unspecified atom stereocenters. The van der Waals surface area contributed by atoms with E-state index in [1.807, 2.05) is 6.07 Å². The van der Waals surface area contributed by atoms with Crippen LogP contribution in [0, 0.1) is 11.6 Å². The number of pyridine rings is 1. The van der Waals surface area contributed by atoms with Gasteiger partial charge in [-0.1, -0.05) is 0 Å². The van der Waals surface area contributed by atoms with E-state index < -0.39 is 11.6 Å². The summed E-state index contributed by atoms with van der Waals surface area (Å²) in [6.07, 6.45) is 3.98. The number of nitrogens with zero attached hydrogens (tertiary/aromatic N) is 2. The van der Waals surface area contributed by atoms with Crippen molar-refractivity contribution in [3.8, 4) is 0 Å². The summed E-state index contributed by atoms with van der Waals surface area (Å²) in [5.41, 5.74) is 6.99. The van der Waals surface area contributed by atoms with E-state index >= 15 is 0 Å². The number of hydrogen-bond acceptors (Lipinski definition) is 3. The molecule has 20 heavy (non-hydrogen) atoms. The van der Waals surface area contributed by atoms with E-state index in [1.165, 1.54) is 12.1 Å². The molecular weight excluding hydrogens is 262 g/mol. The topological polar surface area (TPSA) is 67.6 Å². The smallest absolute Gasteiger partial charge is 0.152 e. The maximum absolute atomic E-state index is 13.8. The number of aromatic amines is 1. The van der Waals surface area contributed by atoms with Gasteiger partial charge in [-0.25, -0.2) is 8.78 Å². The van der Waals surface area contributed by atoms with Gasteiger partial charge in [-0.15, -0.1) is 0 Å². The second-order valence-electron chi connectivity index (χ2n) is 4.56. The molecule has 2 heterocycles. The molecule has 0 bridgehead atoms. The minimum Gasteiger partial charge on any atom is -0.396 e. The molecule has 3 aromatic rings. The van der Waals surface area contributed by atoms with E-state index in [2.05, 4.69) is 15.2 Å². The van der Waals surface area contributed by atoms with Gasteiger partial charge in [0.2, 0.25) is 0 Å². The predicted molar refractivity (Wildman–Crippen MR) is 72.1 cm³/mol. The Morgan fingerprint density at radius 1 is 1.15 bits per heavy atom. The zero-order valence-corrected chi connectivity index (χ0v) is 10.5. The van der Waals surface area contributed by atoms with Gasteiger partial charge < -0.3 is 5.73 Å². The highest BCUT2D eigenvalue weighted by Gasteiger charge is 2.12. The quantitative estimate of drug-likeness (QED) is 0.721. The molecule has 102 valence electrons. The van der Waals surface area contributed by atoms with E-state index in [9.17, 15) is 8.78 Å². The summed E-state index contributed by atoms with van der Waals surface area (Å²) in [7, 11) is 0. The third kappa shape index (κ3) is 2.20. The number of aryl methyl sites for hydroxylation is 1. The summed E-state index contributed by atoms with van der Waals surface area (Å²) in [6.45, 7) is 0. The Morgan fingerprint density at radius 2 is 2.00 bits per heavy atom. The average molecular weight is 274 g/mol. The highest BCUT2D eigenvalue weighted by atomic mass is 19.1. The first-order chi connectivity index (χ1) is 9.65. The third-order valence-corrected chi connectivity index (χ3v) is 3.23. The lowest BCUT2D eigenvalue weighted by atomic mass is 10.1. The molecule has 3 rings (SSSR count). The van der Waals surface area contributed by atoms with Gasteiger partial charge in [0.15, 0.2) is 5.82 Å². The summed E-state index contributed by atoms with van der Waals surface area (Å²) >= 11 is 0. The first kappa shape index (κ1) is 12.5. The molecule has 6 heteroatoms. The minimum absolute atomic E-state index is 0.000842. The average Bonchev–Trinajstić information content (AvgIpc) is 2.90. The zero-order chi connectivity index (χ0) is 14.1. The lowest BCUT2D eigenvalue weighted by molar-refractivity contribution is 0.557. The molecule has 0 aliphatic rings. The number of nitrogen functional groups attached to an aromatic ring is 1. The van der Waals surface area contributed by atoms with E-state index in [0.717, 1.165) is 16.6 Å². The standard InChI is InChI=1S/C14H12F2N4/c15-11-3-4-12(17)14(16)10(11)2-1-9-5-8-6-19-20-13(8)7-18-9/h3-7H,1-2,17H2,(H,19,20). The molecule has 0 aliphatic heterocycles. The SMILES string of the molecule is Nc1ccc(F)c(CCc2cc3cn[nH]c3cn2)c1F. The number of aromatic nitrogens is 3. The maximum Gasteiger partial charge on any atom is 0.152 e. The van der Waals surface area contributed by atoms with Gasteiger partial charge in [-0.3, -0.25) is 10.1 Å². The van der Waals surface area contributed by atoms with Crippen molar-refractivity contribution in [3.05, 3.63) is 53.5 Å². The van der Waals surface area contributed by atoms with Gasteiger partial charge >= 0.3 is 0 Å².